The molecule has 1 fully saturated rings. The van der Waals surface area contributed by atoms with Crippen LogP contribution in [0.2, 0.25) is 5.02 Å². The molecule has 2 aromatic heterocycles. The fourth-order valence-corrected chi connectivity index (χ4v) is 5.06. The van der Waals surface area contributed by atoms with Gasteiger partial charge in [0.25, 0.3) is 0 Å². The van der Waals surface area contributed by atoms with Gasteiger partial charge in [-0.15, -0.1) is 21.5 Å². The van der Waals surface area contributed by atoms with Gasteiger partial charge in [-0.2, -0.15) is 0 Å². The molecule has 1 saturated heterocycles. The van der Waals surface area contributed by atoms with Crippen LogP contribution in [0.3, 0.4) is 0 Å². The third-order valence-corrected chi connectivity index (χ3v) is 7.05. The Hall–Kier alpha value is -2.56. The predicted octanol–water partition coefficient (Wildman–Crippen LogP) is 3.87. The fourth-order valence-electron chi connectivity index (χ4n) is 4.04. The van der Waals surface area contributed by atoms with Gasteiger partial charge in [0, 0.05) is 38.8 Å². The first kappa shape index (κ1) is 23.2. The molecule has 0 amide bonds. The van der Waals surface area contributed by atoms with Crippen LogP contribution in [0.15, 0.2) is 46.9 Å². The summed E-state index contributed by atoms with van der Waals surface area (Å²) in [6.07, 6.45) is -0.562. The van der Waals surface area contributed by atoms with E-state index in [-0.39, 0.29) is 6.61 Å². The Kier molecular flexibility index (Phi) is 7.07. The van der Waals surface area contributed by atoms with Crippen molar-refractivity contribution in [2.75, 3.05) is 39.3 Å². The Morgan fingerprint density at radius 1 is 1.12 bits per heavy atom. The van der Waals surface area contributed by atoms with Crippen LogP contribution < -0.4 is 4.74 Å². The number of β-amino-alcohol motifs (C(OH)–C–C–N with tert-alkyl or cyclic N) is 1. The average Bonchev–Trinajstić information content (AvgIpc) is 3.44. The van der Waals surface area contributed by atoms with E-state index >= 15 is 0 Å². The highest BCUT2D eigenvalue weighted by Gasteiger charge is 2.22. The Bertz CT molecular complexity index is 1250. The van der Waals surface area contributed by atoms with E-state index in [2.05, 4.69) is 25.0 Å². The zero-order valence-corrected chi connectivity index (χ0v) is 20.4. The largest absolute Gasteiger partial charge is 0.491 e. The number of benzene rings is 2. The molecular weight excluding hydrogens is 474 g/mol. The van der Waals surface area contributed by atoms with Gasteiger partial charge < -0.3 is 14.3 Å². The van der Waals surface area contributed by atoms with E-state index in [4.69, 9.17) is 20.8 Å². The van der Waals surface area contributed by atoms with Crippen LogP contribution in [-0.2, 0) is 6.54 Å². The van der Waals surface area contributed by atoms with Gasteiger partial charge in [-0.1, -0.05) is 23.7 Å². The van der Waals surface area contributed by atoms with Crippen molar-refractivity contribution in [3.63, 3.8) is 0 Å². The third-order valence-electron chi connectivity index (χ3n) is 5.77. The molecular formula is C24H26ClN5O3S. The van der Waals surface area contributed by atoms with Gasteiger partial charge in [-0.05, 0) is 31.2 Å². The molecule has 0 bridgehead atoms. The number of rotatable bonds is 8. The van der Waals surface area contributed by atoms with Gasteiger partial charge in [0.15, 0.2) is 0 Å². The van der Waals surface area contributed by atoms with Gasteiger partial charge in [0.05, 0.1) is 32.4 Å². The van der Waals surface area contributed by atoms with Crippen molar-refractivity contribution < 1.29 is 14.3 Å². The number of aryl methyl sites for hydroxylation is 1. The normalized spacial score (nSPS) is 16.2. The average molecular weight is 500 g/mol. The number of nitrogens with zero attached hydrogens (tertiary/aromatic N) is 5. The van der Waals surface area contributed by atoms with Crippen molar-refractivity contribution in [3.8, 4) is 17.2 Å². The monoisotopic (exact) mass is 499 g/mol. The molecule has 3 heterocycles. The first-order valence-corrected chi connectivity index (χ1v) is 12.4. The summed E-state index contributed by atoms with van der Waals surface area (Å²) < 4.78 is 12.8. The molecule has 1 N–H and O–H groups in total. The van der Waals surface area contributed by atoms with E-state index in [0.717, 1.165) is 52.7 Å². The van der Waals surface area contributed by atoms with Gasteiger partial charge in [0.1, 0.15) is 18.5 Å². The number of fused-ring (bicyclic) bond motifs is 1. The van der Waals surface area contributed by atoms with E-state index in [1.807, 2.05) is 43.3 Å². The summed E-state index contributed by atoms with van der Waals surface area (Å²) in [7, 11) is 0. The first-order chi connectivity index (χ1) is 16.5. The van der Waals surface area contributed by atoms with E-state index < -0.39 is 6.10 Å². The highest BCUT2D eigenvalue weighted by atomic mass is 35.5. The molecule has 1 aliphatic heterocycles. The second-order valence-corrected chi connectivity index (χ2v) is 10.0. The van der Waals surface area contributed by atoms with Crippen LogP contribution >= 0.6 is 22.9 Å². The molecule has 4 aromatic rings. The fraction of sp³-hybridized carbons (Fsp3) is 0.375. The third kappa shape index (κ3) is 5.56. The van der Waals surface area contributed by atoms with E-state index in [1.54, 1.807) is 17.4 Å². The quantitative estimate of drug-likeness (QED) is 0.391. The standard InChI is InChI=1S/C24H26ClN5O3S/c1-16-26-21-12-18(6-7-22(21)34-16)32-15-17(31)13-29-8-10-30(11-9-29)14-23-27-28-24(33-23)19-4-2-3-5-20(19)25/h2-7,12,17,31H,8-11,13-15H2,1H3/t17-/m1/s1. The zero-order valence-electron chi connectivity index (χ0n) is 18.9. The summed E-state index contributed by atoms with van der Waals surface area (Å²) in [5, 5.41) is 20.4. The Morgan fingerprint density at radius 2 is 1.91 bits per heavy atom. The minimum atomic E-state index is -0.562. The number of aliphatic hydroxyl groups excluding tert-OH is 1. The molecule has 0 aliphatic carbocycles. The molecule has 0 unspecified atom stereocenters. The SMILES string of the molecule is Cc1nc2cc(OC[C@H](O)CN3CCN(Cc4nnc(-c5ccccc5Cl)o4)CC3)ccc2s1. The van der Waals surface area contributed by atoms with Crippen LogP contribution in [0.4, 0.5) is 0 Å². The Morgan fingerprint density at radius 3 is 2.74 bits per heavy atom. The molecule has 0 radical (unpaired) electrons. The zero-order chi connectivity index (χ0) is 23.5. The summed E-state index contributed by atoms with van der Waals surface area (Å²) in [4.78, 5) is 9.02. The molecule has 178 valence electrons. The number of ether oxygens (including phenoxy) is 1. The highest BCUT2D eigenvalue weighted by molar-refractivity contribution is 7.18. The number of thiazole rings is 1. The van der Waals surface area contributed by atoms with Gasteiger partial charge in [-0.3, -0.25) is 9.80 Å². The highest BCUT2D eigenvalue weighted by Crippen LogP contribution is 2.27. The number of aromatic nitrogens is 3. The van der Waals surface area contributed by atoms with Gasteiger partial charge in [-0.25, -0.2) is 4.98 Å². The molecule has 8 nitrogen and oxygen atoms in total. The minimum absolute atomic E-state index is 0.252. The van der Waals surface area contributed by atoms with Crippen molar-refractivity contribution in [3.05, 3.63) is 58.4 Å². The molecule has 1 aliphatic rings. The van der Waals surface area contributed by atoms with E-state index in [9.17, 15) is 5.11 Å². The maximum Gasteiger partial charge on any atom is 0.249 e. The van der Waals surface area contributed by atoms with Crippen molar-refractivity contribution in [2.45, 2.75) is 19.6 Å². The number of piperazine rings is 1. The number of hydrogen-bond acceptors (Lipinski definition) is 9. The summed E-state index contributed by atoms with van der Waals surface area (Å²) in [6, 6.07) is 13.3. The van der Waals surface area contributed by atoms with Crippen molar-refractivity contribution in [1.29, 1.82) is 0 Å². The van der Waals surface area contributed by atoms with Crippen molar-refractivity contribution in [2.24, 2.45) is 0 Å². The topological polar surface area (TPSA) is 87.8 Å². The minimum Gasteiger partial charge on any atom is -0.491 e. The van der Waals surface area contributed by atoms with E-state index in [0.29, 0.717) is 29.9 Å². The summed E-state index contributed by atoms with van der Waals surface area (Å²) in [6.45, 7) is 6.84. The first-order valence-electron chi connectivity index (χ1n) is 11.2. The smallest absolute Gasteiger partial charge is 0.249 e. The maximum atomic E-state index is 10.5. The predicted molar refractivity (Wildman–Crippen MR) is 132 cm³/mol. The summed E-state index contributed by atoms with van der Waals surface area (Å²) in [5.74, 6) is 1.74. The van der Waals surface area contributed by atoms with E-state index in [1.165, 1.54) is 0 Å². The lowest BCUT2D eigenvalue weighted by atomic mass is 10.2. The molecule has 1 atom stereocenters. The number of hydrogen-bond donors (Lipinski definition) is 1. The van der Waals surface area contributed by atoms with Gasteiger partial charge >= 0.3 is 0 Å². The molecule has 0 spiro atoms. The Balaban J connectivity index is 1.06. The maximum absolute atomic E-state index is 10.5. The van der Waals surface area contributed by atoms with Gasteiger partial charge in [0.2, 0.25) is 11.8 Å². The van der Waals surface area contributed by atoms with Crippen LogP contribution in [-0.4, -0.2) is 75.5 Å². The molecule has 10 heteroatoms. The Labute approximate surface area is 206 Å². The summed E-state index contributed by atoms with van der Waals surface area (Å²) in [5.41, 5.74) is 1.68. The lowest BCUT2D eigenvalue weighted by molar-refractivity contribution is 0.0431. The molecule has 5 rings (SSSR count). The molecule has 0 saturated carbocycles. The van der Waals surface area contributed by atoms with Crippen LogP contribution in [0.25, 0.3) is 21.7 Å². The van der Waals surface area contributed by atoms with Crippen molar-refractivity contribution >= 4 is 33.2 Å². The van der Waals surface area contributed by atoms with Crippen LogP contribution in [0, 0.1) is 6.92 Å². The number of halogens is 1. The second kappa shape index (κ2) is 10.4. The van der Waals surface area contributed by atoms with Crippen LogP contribution in [0.5, 0.6) is 5.75 Å². The lowest BCUT2D eigenvalue weighted by Gasteiger charge is -2.34. The molecule has 2 aromatic carbocycles. The second-order valence-electron chi connectivity index (χ2n) is 8.38. The molecule has 34 heavy (non-hydrogen) atoms. The number of aliphatic hydroxyl groups is 1. The summed E-state index contributed by atoms with van der Waals surface area (Å²) >= 11 is 7.89. The van der Waals surface area contributed by atoms with Crippen molar-refractivity contribution in [1.82, 2.24) is 25.0 Å². The lowest BCUT2D eigenvalue weighted by Crippen LogP contribution is -2.48. The van der Waals surface area contributed by atoms with Crippen LogP contribution in [0.1, 0.15) is 10.9 Å².